The number of nitrogens with one attached hydrogen (secondary N) is 2. The summed E-state index contributed by atoms with van der Waals surface area (Å²) in [6.45, 7) is 0. The summed E-state index contributed by atoms with van der Waals surface area (Å²) in [4.78, 5) is 31.9. The molecule has 0 fully saturated rings. The lowest BCUT2D eigenvalue weighted by Gasteiger charge is -2.14. The Hall–Kier alpha value is -3.36. The number of hydrogen-bond acceptors (Lipinski definition) is 3. The van der Waals surface area contributed by atoms with E-state index < -0.39 is 23.2 Å². The Morgan fingerprint density at radius 2 is 1.84 bits per heavy atom. The maximum absolute atomic E-state index is 13.0. The van der Waals surface area contributed by atoms with Crippen LogP contribution in [0.15, 0.2) is 65.7 Å². The molecule has 0 unspecified atom stereocenters. The summed E-state index contributed by atoms with van der Waals surface area (Å²) >= 11 is 12.8. The number of hydrogen-bond donors (Lipinski definition) is 2. The van der Waals surface area contributed by atoms with Crippen LogP contribution >= 0.6 is 23.2 Å². The van der Waals surface area contributed by atoms with Gasteiger partial charge in [-0.3, -0.25) is 14.6 Å². The topological polar surface area (TPSA) is 74.8 Å². The van der Waals surface area contributed by atoms with E-state index in [0.29, 0.717) is 10.9 Å². The molecule has 2 aromatic heterocycles. The van der Waals surface area contributed by atoms with Gasteiger partial charge in [0.25, 0.3) is 11.5 Å². The van der Waals surface area contributed by atoms with E-state index in [-0.39, 0.29) is 32.4 Å². The molecule has 4 aromatic rings. The van der Waals surface area contributed by atoms with Gasteiger partial charge in [-0.2, -0.15) is 13.2 Å². The summed E-state index contributed by atoms with van der Waals surface area (Å²) in [6.07, 6.45) is -1.51. The van der Waals surface area contributed by atoms with Gasteiger partial charge >= 0.3 is 6.18 Å². The summed E-state index contributed by atoms with van der Waals surface area (Å²) < 4.78 is 38.9. The zero-order chi connectivity index (χ0) is 23.0. The molecule has 2 heterocycles. The van der Waals surface area contributed by atoms with Crippen molar-refractivity contribution in [2.24, 2.45) is 0 Å². The summed E-state index contributed by atoms with van der Waals surface area (Å²) in [6, 6.07) is 10.0. The SMILES string of the molecule is O=C(Nc1ccc(Cl)c(-c2cc3cnccc3[nH]c2=O)c1Cl)c1cccc(C(F)(F)F)c1. The van der Waals surface area contributed by atoms with Crippen molar-refractivity contribution in [1.29, 1.82) is 0 Å². The zero-order valence-corrected chi connectivity index (χ0v) is 17.4. The van der Waals surface area contributed by atoms with E-state index in [4.69, 9.17) is 23.2 Å². The summed E-state index contributed by atoms with van der Waals surface area (Å²) in [7, 11) is 0. The molecule has 162 valence electrons. The Morgan fingerprint density at radius 1 is 1.06 bits per heavy atom. The fraction of sp³-hybridized carbons (Fsp3) is 0.0455. The first-order valence-corrected chi connectivity index (χ1v) is 9.85. The van der Waals surface area contributed by atoms with Crippen LogP contribution in [0, 0.1) is 0 Å². The number of rotatable bonds is 3. The number of halogens is 5. The first-order chi connectivity index (χ1) is 15.1. The largest absolute Gasteiger partial charge is 0.416 e. The number of alkyl halides is 3. The zero-order valence-electron chi connectivity index (χ0n) is 15.9. The highest BCUT2D eigenvalue weighted by Crippen LogP contribution is 2.39. The van der Waals surface area contributed by atoms with Crippen molar-refractivity contribution in [3.8, 4) is 11.1 Å². The molecule has 4 rings (SSSR count). The quantitative estimate of drug-likeness (QED) is 0.370. The van der Waals surface area contributed by atoms with E-state index in [9.17, 15) is 22.8 Å². The number of aromatic nitrogens is 2. The van der Waals surface area contributed by atoms with Crippen molar-refractivity contribution in [2.45, 2.75) is 6.18 Å². The van der Waals surface area contributed by atoms with E-state index in [1.165, 1.54) is 24.4 Å². The van der Waals surface area contributed by atoms with Gasteiger partial charge in [0, 0.05) is 28.9 Å². The highest BCUT2D eigenvalue weighted by atomic mass is 35.5. The van der Waals surface area contributed by atoms with Gasteiger partial charge in [-0.05, 0) is 42.5 Å². The van der Waals surface area contributed by atoms with E-state index in [1.54, 1.807) is 18.3 Å². The molecule has 0 aliphatic heterocycles. The van der Waals surface area contributed by atoms with E-state index in [0.717, 1.165) is 18.2 Å². The minimum Gasteiger partial charge on any atom is -0.321 e. The average Bonchev–Trinajstić information content (AvgIpc) is 2.75. The molecule has 5 nitrogen and oxygen atoms in total. The van der Waals surface area contributed by atoms with E-state index >= 15 is 0 Å². The monoisotopic (exact) mass is 477 g/mol. The number of pyridine rings is 2. The van der Waals surface area contributed by atoms with Crippen LogP contribution in [-0.2, 0) is 6.18 Å². The third-order valence-electron chi connectivity index (χ3n) is 4.71. The molecule has 0 atom stereocenters. The number of H-pyrrole nitrogens is 1. The number of amides is 1. The maximum Gasteiger partial charge on any atom is 0.416 e. The first-order valence-electron chi connectivity index (χ1n) is 9.09. The Balaban J connectivity index is 1.75. The van der Waals surface area contributed by atoms with E-state index in [1.807, 2.05) is 0 Å². The van der Waals surface area contributed by atoms with Gasteiger partial charge < -0.3 is 10.3 Å². The van der Waals surface area contributed by atoms with Gasteiger partial charge in [-0.1, -0.05) is 29.3 Å². The second-order valence-corrected chi connectivity index (χ2v) is 7.58. The Labute approximate surface area is 188 Å². The van der Waals surface area contributed by atoms with Crippen LogP contribution < -0.4 is 10.9 Å². The number of carbonyl (C=O) groups excluding carboxylic acids is 1. The average molecular weight is 478 g/mol. The highest BCUT2D eigenvalue weighted by molar-refractivity contribution is 6.41. The van der Waals surface area contributed by atoms with Crippen LogP contribution in [0.25, 0.3) is 22.0 Å². The number of anilines is 1. The molecule has 2 aromatic carbocycles. The van der Waals surface area contributed by atoms with Crippen LogP contribution in [0.2, 0.25) is 10.0 Å². The molecule has 0 aliphatic rings. The maximum atomic E-state index is 13.0. The molecule has 0 saturated heterocycles. The molecule has 0 bridgehead atoms. The Kier molecular flexibility index (Phi) is 5.66. The van der Waals surface area contributed by atoms with Crippen molar-refractivity contribution in [2.75, 3.05) is 5.32 Å². The minimum atomic E-state index is -4.59. The molecular formula is C22H12Cl2F3N3O2. The van der Waals surface area contributed by atoms with Crippen molar-refractivity contribution < 1.29 is 18.0 Å². The number of carbonyl (C=O) groups is 1. The second kappa shape index (κ2) is 8.29. The van der Waals surface area contributed by atoms with Gasteiger partial charge in [0.1, 0.15) is 0 Å². The van der Waals surface area contributed by atoms with Gasteiger partial charge in [0.05, 0.1) is 32.4 Å². The second-order valence-electron chi connectivity index (χ2n) is 6.79. The van der Waals surface area contributed by atoms with Crippen LogP contribution in [0.4, 0.5) is 18.9 Å². The molecule has 0 spiro atoms. The highest BCUT2D eigenvalue weighted by Gasteiger charge is 2.31. The number of nitrogens with zero attached hydrogens (tertiary/aromatic N) is 1. The Bertz CT molecular complexity index is 1420. The minimum absolute atomic E-state index is 0.0356. The fourth-order valence-electron chi connectivity index (χ4n) is 3.16. The van der Waals surface area contributed by atoms with Crippen LogP contribution in [0.5, 0.6) is 0 Å². The molecule has 0 saturated carbocycles. The summed E-state index contributed by atoms with van der Waals surface area (Å²) in [5, 5.41) is 3.23. The molecule has 1 amide bonds. The Morgan fingerprint density at radius 3 is 2.59 bits per heavy atom. The van der Waals surface area contributed by atoms with Crippen LogP contribution in [0.3, 0.4) is 0 Å². The predicted octanol–water partition coefficient (Wildman–Crippen LogP) is 6.17. The molecule has 2 N–H and O–H groups in total. The van der Waals surface area contributed by atoms with Crippen LogP contribution in [-0.4, -0.2) is 15.9 Å². The van der Waals surface area contributed by atoms with Crippen molar-refractivity contribution in [1.82, 2.24) is 9.97 Å². The van der Waals surface area contributed by atoms with E-state index in [2.05, 4.69) is 15.3 Å². The predicted molar refractivity (Wildman–Crippen MR) is 117 cm³/mol. The summed E-state index contributed by atoms with van der Waals surface area (Å²) in [5.41, 5.74) is -0.660. The third kappa shape index (κ3) is 4.19. The van der Waals surface area contributed by atoms with Crippen LogP contribution in [0.1, 0.15) is 15.9 Å². The number of aromatic amines is 1. The van der Waals surface area contributed by atoms with Gasteiger partial charge in [-0.25, -0.2) is 0 Å². The first kappa shape index (κ1) is 21.9. The number of fused-ring (bicyclic) bond motifs is 1. The lowest BCUT2D eigenvalue weighted by atomic mass is 10.0. The van der Waals surface area contributed by atoms with Crippen molar-refractivity contribution in [3.63, 3.8) is 0 Å². The van der Waals surface area contributed by atoms with Gasteiger partial charge in [0.2, 0.25) is 0 Å². The summed E-state index contributed by atoms with van der Waals surface area (Å²) in [5.74, 6) is -0.803. The smallest absolute Gasteiger partial charge is 0.321 e. The van der Waals surface area contributed by atoms with Gasteiger partial charge in [0.15, 0.2) is 0 Å². The molecule has 10 heteroatoms. The van der Waals surface area contributed by atoms with Crippen molar-refractivity contribution >= 4 is 45.7 Å². The number of benzene rings is 2. The molecule has 32 heavy (non-hydrogen) atoms. The third-order valence-corrected chi connectivity index (χ3v) is 5.41. The molecule has 0 aliphatic carbocycles. The normalized spacial score (nSPS) is 11.5. The molecular weight excluding hydrogens is 466 g/mol. The van der Waals surface area contributed by atoms with Gasteiger partial charge in [-0.15, -0.1) is 0 Å². The lowest BCUT2D eigenvalue weighted by Crippen LogP contribution is -2.15. The fourth-order valence-corrected chi connectivity index (χ4v) is 3.78. The molecule has 0 radical (unpaired) electrons. The standard InChI is InChI=1S/C22H12Cl2F3N3O2/c23-15-4-5-17(30-20(31)11-2-1-3-13(8-11)22(25,26)27)19(24)18(15)14-9-12-10-28-7-6-16(12)29-21(14)32/h1-10H,(H,29,32)(H,30,31). The lowest BCUT2D eigenvalue weighted by molar-refractivity contribution is -0.137. The van der Waals surface area contributed by atoms with Crippen molar-refractivity contribution in [3.05, 3.63) is 92.5 Å².